The summed E-state index contributed by atoms with van der Waals surface area (Å²) in [5, 5.41) is 3.60. The molecule has 1 fully saturated rings. The lowest BCUT2D eigenvalue weighted by atomic mass is 10.1. The van der Waals surface area contributed by atoms with E-state index < -0.39 is 0 Å². The molecule has 0 amide bonds. The van der Waals surface area contributed by atoms with Crippen LogP contribution < -0.4 is 5.32 Å². The van der Waals surface area contributed by atoms with Crippen molar-refractivity contribution in [1.82, 2.24) is 5.32 Å². The topological polar surface area (TPSA) is 21.3 Å². The van der Waals surface area contributed by atoms with E-state index in [4.69, 9.17) is 4.74 Å². The van der Waals surface area contributed by atoms with Crippen LogP contribution in [-0.4, -0.2) is 19.2 Å². The molecule has 2 heteroatoms. The lowest BCUT2D eigenvalue weighted by Crippen LogP contribution is -2.25. The molecule has 1 aromatic rings. The van der Waals surface area contributed by atoms with Crippen molar-refractivity contribution in [3.63, 3.8) is 0 Å². The van der Waals surface area contributed by atoms with E-state index in [0.29, 0.717) is 0 Å². The van der Waals surface area contributed by atoms with Gasteiger partial charge in [-0.15, -0.1) is 0 Å². The van der Waals surface area contributed by atoms with Crippen LogP contribution in [0.1, 0.15) is 70.0 Å². The van der Waals surface area contributed by atoms with Gasteiger partial charge in [-0.25, -0.2) is 0 Å². The van der Waals surface area contributed by atoms with Gasteiger partial charge in [-0.05, 0) is 24.8 Å². The molecule has 118 valence electrons. The van der Waals surface area contributed by atoms with Crippen LogP contribution in [0.2, 0.25) is 0 Å². The minimum Gasteiger partial charge on any atom is -0.372 e. The first-order valence-electron chi connectivity index (χ1n) is 8.80. The molecule has 2 nitrogen and oxygen atoms in total. The first-order valence-corrected chi connectivity index (χ1v) is 8.80. The summed E-state index contributed by atoms with van der Waals surface area (Å²) in [6, 6.07) is 11.4. The van der Waals surface area contributed by atoms with Crippen molar-refractivity contribution in [2.75, 3.05) is 13.2 Å². The fourth-order valence-electron chi connectivity index (χ4n) is 2.61. The summed E-state index contributed by atoms with van der Waals surface area (Å²) in [6.45, 7) is 4.10. The Morgan fingerprint density at radius 2 is 1.76 bits per heavy atom. The summed E-state index contributed by atoms with van der Waals surface area (Å²) in [4.78, 5) is 0. The number of rotatable bonds is 12. The zero-order valence-electron chi connectivity index (χ0n) is 13.5. The molecule has 1 aromatic carbocycles. The molecular weight excluding hydrogens is 258 g/mol. The molecule has 1 N–H and O–H groups in total. The first-order chi connectivity index (χ1) is 10.4. The number of benzene rings is 1. The zero-order chi connectivity index (χ0) is 14.8. The molecule has 2 rings (SSSR count). The average molecular weight is 289 g/mol. The SMILES string of the molecule is CCCCCCCCOC(CNC1CC1)c1ccccc1. The van der Waals surface area contributed by atoms with E-state index >= 15 is 0 Å². The molecule has 0 aliphatic heterocycles. The number of hydrogen-bond donors (Lipinski definition) is 1. The molecule has 21 heavy (non-hydrogen) atoms. The molecule has 1 unspecified atom stereocenters. The highest BCUT2D eigenvalue weighted by Crippen LogP contribution is 2.22. The molecule has 0 aromatic heterocycles. The maximum atomic E-state index is 6.15. The maximum absolute atomic E-state index is 6.15. The second-order valence-electron chi connectivity index (χ2n) is 6.22. The van der Waals surface area contributed by atoms with Gasteiger partial charge in [0, 0.05) is 19.2 Å². The largest absolute Gasteiger partial charge is 0.372 e. The van der Waals surface area contributed by atoms with Crippen molar-refractivity contribution < 1.29 is 4.74 Å². The van der Waals surface area contributed by atoms with Gasteiger partial charge in [0.15, 0.2) is 0 Å². The first kappa shape index (κ1) is 16.5. The molecule has 0 bridgehead atoms. The van der Waals surface area contributed by atoms with Gasteiger partial charge in [0.05, 0.1) is 6.10 Å². The third-order valence-corrected chi connectivity index (χ3v) is 4.16. The fraction of sp³-hybridized carbons (Fsp3) is 0.684. The summed E-state index contributed by atoms with van der Waals surface area (Å²) in [5.74, 6) is 0. The second kappa shape index (κ2) is 9.97. The van der Waals surface area contributed by atoms with Crippen LogP contribution in [0.4, 0.5) is 0 Å². The third-order valence-electron chi connectivity index (χ3n) is 4.16. The highest BCUT2D eigenvalue weighted by Gasteiger charge is 2.22. The van der Waals surface area contributed by atoms with E-state index in [1.807, 2.05) is 0 Å². The molecule has 0 spiro atoms. The van der Waals surface area contributed by atoms with E-state index in [1.54, 1.807) is 0 Å². The van der Waals surface area contributed by atoms with E-state index in [1.165, 1.54) is 56.9 Å². The van der Waals surface area contributed by atoms with Crippen molar-refractivity contribution >= 4 is 0 Å². The normalized spacial score (nSPS) is 16.0. The van der Waals surface area contributed by atoms with Crippen LogP contribution in [0, 0.1) is 0 Å². The quantitative estimate of drug-likeness (QED) is 0.555. The van der Waals surface area contributed by atoms with Gasteiger partial charge in [0.2, 0.25) is 0 Å². The Morgan fingerprint density at radius 3 is 2.48 bits per heavy atom. The molecule has 1 aliphatic carbocycles. The molecule has 1 atom stereocenters. The monoisotopic (exact) mass is 289 g/mol. The van der Waals surface area contributed by atoms with Crippen LogP contribution in [0.5, 0.6) is 0 Å². The van der Waals surface area contributed by atoms with Crippen molar-refractivity contribution in [1.29, 1.82) is 0 Å². The number of hydrogen-bond acceptors (Lipinski definition) is 2. The van der Waals surface area contributed by atoms with Crippen molar-refractivity contribution in [3.8, 4) is 0 Å². The third kappa shape index (κ3) is 7.10. The van der Waals surface area contributed by atoms with Crippen LogP contribution in [-0.2, 0) is 4.74 Å². The molecule has 1 aliphatic rings. The molecule has 0 radical (unpaired) electrons. The predicted octanol–water partition coefficient (Wildman–Crippen LogP) is 4.86. The van der Waals surface area contributed by atoms with Gasteiger partial charge in [0.25, 0.3) is 0 Å². The van der Waals surface area contributed by atoms with Gasteiger partial charge in [-0.3, -0.25) is 0 Å². The summed E-state index contributed by atoms with van der Waals surface area (Å²) in [5.41, 5.74) is 1.30. The van der Waals surface area contributed by atoms with Gasteiger partial charge in [-0.1, -0.05) is 69.4 Å². The molecule has 1 saturated carbocycles. The smallest absolute Gasteiger partial charge is 0.0949 e. The summed E-state index contributed by atoms with van der Waals surface area (Å²) < 4.78 is 6.15. The molecule has 0 saturated heterocycles. The Kier molecular flexibility index (Phi) is 7.83. The Bertz CT molecular complexity index is 361. The Balaban J connectivity index is 1.66. The van der Waals surface area contributed by atoms with Crippen molar-refractivity contribution in [3.05, 3.63) is 35.9 Å². The zero-order valence-corrected chi connectivity index (χ0v) is 13.5. The van der Waals surface area contributed by atoms with Gasteiger partial charge >= 0.3 is 0 Å². The van der Waals surface area contributed by atoms with E-state index in [9.17, 15) is 0 Å². The summed E-state index contributed by atoms with van der Waals surface area (Å²) in [6.07, 6.45) is 10.8. The molecular formula is C19H31NO. The standard InChI is InChI=1S/C19H31NO/c1-2-3-4-5-6-10-15-21-19(16-20-18-13-14-18)17-11-8-7-9-12-17/h7-9,11-12,18-20H,2-6,10,13-16H2,1H3. The second-order valence-corrected chi connectivity index (χ2v) is 6.22. The average Bonchev–Trinajstić information content (AvgIpc) is 3.34. The minimum absolute atomic E-state index is 0.211. The van der Waals surface area contributed by atoms with Crippen molar-refractivity contribution in [2.24, 2.45) is 0 Å². The van der Waals surface area contributed by atoms with Gasteiger partial charge < -0.3 is 10.1 Å². The Hall–Kier alpha value is -0.860. The lowest BCUT2D eigenvalue weighted by Gasteiger charge is -2.19. The Labute approximate surface area is 130 Å². The van der Waals surface area contributed by atoms with Gasteiger partial charge in [0.1, 0.15) is 0 Å². The van der Waals surface area contributed by atoms with Crippen molar-refractivity contribution in [2.45, 2.75) is 70.4 Å². The maximum Gasteiger partial charge on any atom is 0.0949 e. The minimum atomic E-state index is 0.211. The molecule has 0 heterocycles. The summed E-state index contributed by atoms with van der Waals surface area (Å²) >= 11 is 0. The van der Waals surface area contributed by atoms with Gasteiger partial charge in [-0.2, -0.15) is 0 Å². The number of unbranched alkanes of at least 4 members (excludes halogenated alkanes) is 5. The highest BCUT2D eigenvalue weighted by molar-refractivity contribution is 5.18. The number of nitrogens with one attached hydrogen (secondary N) is 1. The summed E-state index contributed by atoms with van der Waals surface area (Å²) in [7, 11) is 0. The lowest BCUT2D eigenvalue weighted by molar-refractivity contribution is 0.0495. The Morgan fingerprint density at radius 1 is 1.05 bits per heavy atom. The highest BCUT2D eigenvalue weighted by atomic mass is 16.5. The van der Waals surface area contributed by atoms with E-state index in [0.717, 1.165) is 19.2 Å². The fourth-order valence-corrected chi connectivity index (χ4v) is 2.61. The van der Waals surface area contributed by atoms with E-state index in [-0.39, 0.29) is 6.10 Å². The van der Waals surface area contributed by atoms with Crippen LogP contribution in [0.3, 0.4) is 0 Å². The predicted molar refractivity (Wildman–Crippen MR) is 89.5 cm³/mol. The van der Waals surface area contributed by atoms with Crippen LogP contribution >= 0.6 is 0 Å². The van der Waals surface area contributed by atoms with Crippen LogP contribution in [0.25, 0.3) is 0 Å². The number of ether oxygens (including phenoxy) is 1. The van der Waals surface area contributed by atoms with E-state index in [2.05, 4.69) is 42.6 Å². The van der Waals surface area contributed by atoms with Crippen LogP contribution in [0.15, 0.2) is 30.3 Å².